The van der Waals surface area contributed by atoms with Crippen molar-refractivity contribution in [3.05, 3.63) is 35.4 Å². The van der Waals surface area contributed by atoms with Gasteiger partial charge >= 0.3 is 5.97 Å². The van der Waals surface area contributed by atoms with Gasteiger partial charge < -0.3 is 9.64 Å². The Kier molecular flexibility index (Phi) is 4.20. The maximum atomic E-state index is 11.4. The molecule has 1 amide bonds. The average Bonchev–Trinajstić information content (AvgIpc) is 2.41. The molecule has 0 aliphatic carbocycles. The summed E-state index contributed by atoms with van der Waals surface area (Å²) in [7, 11) is 1.38. The summed E-state index contributed by atoms with van der Waals surface area (Å²) in [4.78, 5) is 24.6. The molecule has 2 rings (SSSR count). The molecule has 1 aromatic carbocycles. The predicted octanol–water partition coefficient (Wildman–Crippen LogP) is 1.88. The third kappa shape index (κ3) is 3.13. The molecule has 1 aromatic rings. The molecule has 0 N–H and O–H groups in total. The first-order chi connectivity index (χ1) is 9.13. The van der Waals surface area contributed by atoms with Gasteiger partial charge in [0.25, 0.3) is 0 Å². The number of carbonyl (C=O) groups is 2. The van der Waals surface area contributed by atoms with Crippen molar-refractivity contribution < 1.29 is 14.3 Å². The molecule has 4 heteroatoms. The molecule has 102 valence electrons. The van der Waals surface area contributed by atoms with Crippen LogP contribution >= 0.6 is 0 Å². The summed E-state index contributed by atoms with van der Waals surface area (Å²) in [5.41, 5.74) is 1.77. The summed E-state index contributed by atoms with van der Waals surface area (Å²) in [5.74, 6) is 0.465. The number of amides is 1. The molecule has 0 bridgehead atoms. The Morgan fingerprint density at radius 1 is 1.26 bits per heavy atom. The van der Waals surface area contributed by atoms with Crippen molar-refractivity contribution in [3.8, 4) is 0 Å². The van der Waals surface area contributed by atoms with E-state index < -0.39 is 0 Å². The van der Waals surface area contributed by atoms with Gasteiger partial charge in [-0.05, 0) is 30.0 Å². The van der Waals surface area contributed by atoms with E-state index in [0.717, 1.165) is 19.5 Å². The van der Waals surface area contributed by atoms with Gasteiger partial charge in [0.05, 0.1) is 12.7 Å². The van der Waals surface area contributed by atoms with Crippen molar-refractivity contribution in [2.45, 2.75) is 19.8 Å². The Labute approximate surface area is 113 Å². The van der Waals surface area contributed by atoms with Crippen LogP contribution in [0.25, 0.3) is 0 Å². The maximum absolute atomic E-state index is 11.4. The van der Waals surface area contributed by atoms with Crippen LogP contribution in [0.2, 0.25) is 0 Å². The van der Waals surface area contributed by atoms with Crippen LogP contribution in [0.3, 0.4) is 0 Å². The van der Waals surface area contributed by atoms with Crippen molar-refractivity contribution in [1.29, 1.82) is 0 Å². The lowest BCUT2D eigenvalue weighted by atomic mass is 9.91. The van der Waals surface area contributed by atoms with Crippen LogP contribution in [-0.2, 0) is 16.0 Å². The van der Waals surface area contributed by atoms with Crippen LogP contribution in [0.5, 0.6) is 0 Å². The fourth-order valence-corrected chi connectivity index (χ4v) is 2.35. The predicted molar refractivity (Wildman–Crippen MR) is 71.8 cm³/mol. The summed E-state index contributed by atoms with van der Waals surface area (Å²) in [6.45, 7) is 3.60. The lowest BCUT2D eigenvalue weighted by Crippen LogP contribution is -2.50. The first-order valence-electron chi connectivity index (χ1n) is 6.59. The van der Waals surface area contributed by atoms with Gasteiger partial charge in [0.15, 0.2) is 0 Å². The first kappa shape index (κ1) is 13.6. The van der Waals surface area contributed by atoms with E-state index in [-0.39, 0.29) is 11.9 Å². The van der Waals surface area contributed by atoms with E-state index in [1.165, 1.54) is 12.7 Å². The van der Waals surface area contributed by atoms with E-state index in [4.69, 9.17) is 0 Å². The highest BCUT2D eigenvalue weighted by molar-refractivity contribution is 5.89. The van der Waals surface area contributed by atoms with E-state index >= 15 is 0 Å². The number of esters is 1. The molecule has 0 unspecified atom stereocenters. The highest BCUT2D eigenvalue weighted by Crippen LogP contribution is 2.21. The number of hydrogen-bond acceptors (Lipinski definition) is 3. The summed E-state index contributed by atoms with van der Waals surface area (Å²) in [6.07, 6.45) is 1.54. The number of hydrogen-bond donors (Lipinski definition) is 0. The van der Waals surface area contributed by atoms with E-state index in [1.807, 2.05) is 24.0 Å². The van der Waals surface area contributed by atoms with Crippen LogP contribution in [-0.4, -0.2) is 37.0 Å². The second-order valence-corrected chi connectivity index (χ2v) is 4.91. The molecule has 1 heterocycles. The van der Waals surface area contributed by atoms with Crippen LogP contribution in [0.1, 0.15) is 29.3 Å². The maximum Gasteiger partial charge on any atom is 0.337 e. The molecule has 1 saturated heterocycles. The zero-order chi connectivity index (χ0) is 13.8. The molecule has 1 aliphatic rings. The van der Waals surface area contributed by atoms with Gasteiger partial charge in [0.1, 0.15) is 0 Å². The van der Waals surface area contributed by atoms with Gasteiger partial charge in [-0.2, -0.15) is 0 Å². The second kappa shape index (κ2) is 5.87. The Bertz CT molecular complexity index is 461. The lowest BCUT2D eigenvalue weighted by molar-refractivity contribution is -0.137. The summed E-state index contributed by atoms with van der Waals surface area (Å²) in [5, 5.41) is 0. The lowest BCUT2D eigenvalue weighted by Gasteiger charge is -2.39. The Morgan fingerprint density at radius 3 is 2.42 bits per heavy atom. The number of carbonyl (C=O) groups excluding carboxylic acids is 2. The number of benzene rings is 1. The smallest absolute Gasteiger partial charge is 0.337 e. The molecule has 0 saturated carbocycles. The highest BCUT2D eigenvalue weighted by atomic mass is 16.5. The fraction of sp³-hybridized carbons (Fsp3) is 0.467. The van der Waals surface area contributed by atoms with Gasteiger partial charge in [-0.1, -0.05) is 19.1 Å². The van der Waals surface area contributed by atoms with E-state index in [0.29, 0.717) is 17.9 Å². The summed E-state index contributed by atoms with van der Waals surface area (Å²) in [6, 6.07) is 7.48. The minimum atomic E-state index is -0.310. The fourth-order valence-electron chi connectivity index (χ4n) is 2.35. The molecule has 0 atom stereocenters. The molecule has 4 nitrogen and oxygen atoms in total. The minimum Gasteiger partial charge on any atom is -0.465 e. The zero-order valence-electron chi connectivity index (χ0n) is 11.4. The van der Waals surface area contributed by atoms with Gasteiger partial charge in [-0.15, -0.1) is 0 Å². The van der Waals surface area contributed by atoms with Crippen molar-refractivity contribution in [2.75, 3.05) is 20.2 Å². The molecule has 0 spiro atoms. The summed E-state index contributed by atoms with van der Waals surface area (Å²) >= 11 is 0. The van der Waals surface area contributed by atoms with Crippen molar-refractivity contribution in [1.82, 2.24) is 4.90 Å². The largest absolute Gasteiger partial charge is 0.465 e. The third-order valence-corrected chi connectivity index (χ3v) is 3.51. The minimum absolute atomic E-state index is 0.234. The number of methoxy groups -OCH3 is 1. The number of nitrogens with zero attached hydrogens (tertiary/aromatic N) is 1. The molecule has 0 aromatic heterocycles. The standard InChI is InChI=1S/C15H19NO3/c1-3-14(17)16-9-12(10-16)8-11-4-6-13(7-5-11)15(18)19-2/h4-7,12H,3,8-10H2,1-2H3. The number of ether oxygens (including phenoxy) is 1. The average molecular weight is 261 g/mol. The first-order valence-corrected chi connectivity index (χ1v) is 6.59. The molecule has 0 radical (unpaired) electrons. The van der Waals surface area contributed by atoms with Gasteiger partial charge in [0.2, 0.25) is 5.91 Å². The van der Waals surface area contributed by atoms with Crippen LogP contribution in [0.15, 0.2) is 24.3 Å². The van der Waals surface area contributed by atoms with Crippen LogP contribution in [0.4, 0.5) is 0 Å². The van der Waals surface area contributed by atoms with E-state index in [9.17, 15) is 9.59 Å². The Balaban J connectivity index is 1.85. The third-order valence-electron chi connectivity index (χ3n) is 3.51. The highest BCUT2D eigenvalue weighted by Gasteiger charge is 2.29. The number of likely N-dealkylation sites (tertiary alicyclic amines) is 1. The second-order valence-electron chi connectivity index (χ2n) is 4.91. The van der Waals surface area contributed by atoms with E-state index in [2.05, 4.69) is 4.74 Å². The Hall–Kier alpha value is -1.84. The quantitative estimate of drug-likeness (QED) is 0.777. The summed E-state index contributed by atoms with van der Waals surface area (Å²) < 4.78 is 4.66. The van der Waals surface area contributed by atoms with Crippen molar-refractivity contribution >= 4 is 11.9 Å². The molecular weight excluding hydrogens is 242 g/mol. The molecule has 19 heavy (non-hydrogen) atoms. The van der Waals surface area contributed by atoms with Gasteiger partial charge in [0, 0.05) is 19.5 Å². The SMILES string of the molecule is CCC(=O)N1CC(Cc2ccc(C(=O)OC)cc2)C1. The monoisotopic (exact) mass is 261 g/mol. The number of rotatable bonds is 4. The normalized spacial score (nSPS) is 14.9. The van der Waals surface area contributed by atoms with Crippen LogP contribution in [0, 0.1) is 5.92 Å². The van der Waals surface area contributed by atoms with E-state index in [1.54, 1.807) is 12.1 Å². The van der Waals surface area contributed by atoms with Crippen LogP contribution < -0.4 is 0 Å². The van der Waals surface area contributed by atoms with Gasteiger partial charge in [-0.3, -0.25) is 4.79 Å². The van der Waals surface area contributed by atoms with Crippen molar-refractivity contribution in [3.63, 3.8) is 0 Å². The Morgan fingerprint density at radius 2 is 1.89 bits per heavy atom. The zero-order valence-corrected chi connectivity index (χ0v) is 11.4. The molecule has 1 aliphatic heterocycles. The van der Waals surface area contributed by atoms with Gasteiger partial charge in [-0.25, -0.2) is 4.79 Å². The molecule has 1 fully saturated rings. The molecular formula is C15H19NO3. The topological polar surface area (TPSA) is 46.6 Å². The van der Waals surface area contributed by atoms with Crippen molar-refractivity contribution in [2.24, 2.45) is 5.92 Å².